The number of H-pyrrole nitrogens is 2. The molecular formula is C15H16F3N5O3. The van der Waals surface area contributed by atoms with Crippen LogP contribution in [0.2, 0.25) is 0 Å². The Hall–Kier alpha value is -2.69. The molecule has 3 rings (SSSR count). The molecule has 0 aromatic carbocycles. The molecule has 0 saturated carbocycles. The third-order valence-electron chi connectivity index (χ3n) is 4.10. The summed E-state index contributed by atoms with van der Waals surface area (Å²) in [5.74, 6) is -0.538. The highest BCUT2D eigenvalue weighted by Gasteiger charge is 2.33. The van der Waals surface area contributed by atoms with E-state index in [2.05, 4.69) is 15.3 Å². The molecule has 2 aromatic rings. The van der Waals surface area contributed by atoms with Crippen LogP contribution in [0.25, 0.3) is 11.0 Å². The number of carbonyl (C=O) groups is 1. The van der Waals surface area contributed by atoms with Crippen molar-refractivity contribution in [3.05, 3.63) is 38.7 Å². The molecule has 26 heavy (non-hydrogen) atoms. The van der Waals surface area contributed by atoms with Crippen LogP contribution < -0.4 is 16.6 Å². The molecule has 0 radical (unpaired) electrons. The number of aromatic amines is 2. The van der Waals surface area contributed by atoms with Gasteiger partial charge in [0.1, 0.15) is 5.65 Å². The van der Waals surface area contributed by atoms with Gasteiger partial charge in [0, 0.05) is 18.8 Å². The molecule has 8 nitrogen and oxygen atoms in total. The summed E-state index contributed by atoms with van der Waals surface area (Å²) in [4.78, 5) is 44.8. The number of likely N-dealkylation sites (tertiary alicyclic amines) is 1. The zero-order valence-electron chi connectivity index (χ0n) is 13.5. The number of nitrogens with one attached hydrogen (secondary N) is 3. The lowest BCUT2D eigenvalue weighted by atomic mass is 10.1. The minimum atomic E-state index is -4.29. The highest BCUT2D eigenvalue weighted by Crippen LogP contribution is 2.20. The van der Waals surface area contributed by atoms with Crippen molar-refractivity contribution in [3.8, 4) is 0 Å². The van der Waals surface area contributed by atoms with Gasteiger partial charge in [0.15, 0.2) is 0 Å². The molecule has 1 aliphatic heterocycles. The Balaban J connectivity index is 1.72. The Morgan fingerprint density at radius 2 is 2.12 bits per heavy atom. The minimum absolute atomic E-state index is 0.0413. The molecule has 1 saturated heterocycles. The summed E-state index contributed by atoms with van der Waals surface area (Å²) >= 11 is 0. The summed E-state index contributed by atoms with van der Waals surface area (Å²) < 4.78 is 37.5. The fourth-order valence-electron chi connectivity index (χ4n) is 3.01. The third-order valence-corrected chi connectivity index (χ3v) is 4.10. The summed E-state index contributed by atoms with van der Waals surface area (Å²) in [6.45, 7) is -0.591. The number of piperidine rings is 1. The average Bonchev–Trinajstić information content (AvgIpc) is 2.53. The van der Waals surface area contributed by atoms with Crippen molar-refractivity contribution in [2.45, 2.75) is 25.1 Å². The first kappa shape index (κ1) is 18.1. The van der Waals surface area contributed by atoms with E-state index >= 15 is 0 Å². The zero-order chi connectivity index (χ0) is 18.9. The molecule has 1 amide bonds. The van der Waals surface area contributed by atoms with Crippen LogP contribution in [0.3, 0.4) is 0 Å². The SMILES string of the molecule is O=C(NC1CCCN(CC(F)(F)F)C1)c1cnc2[nH]c(=O)[nH]c(=O)c2c1. The van der Waals surface area contributed by atoms with Crippen molar-refractivity contribution < 1.29 is 18.0 Å². The lowest BCUT2D eigenvalue weighted by Crippen LogP contribution is -2.50. The van der Waals surface area contributed by atoms with Crippen LogP contribution in [0.1, 0.15) is 23.2 Å². The van der Waals surface area contributed by atoms with Crippen molar-refractivity contribution in [3.63, 3.8) is 0 Å². The zero-order valence-corrected chi connectivity index (χ0v) is 13.5. The normalized spacial score (nSPS) is 18.8. The lowest BCUT2D eigenvalue weighted by molar-refractivity contribution is -0.148. The number of hydrogen-bond donors (Lipinski definition) is 3. The highest BCUT2D eigenvalue weighted by molar-refractivity contribution is 5.96. The van der Waals surface area contributed by atoms with E-state index in [0.717, 1.165) is 0 Å². The molecule has 1 fully saturated rings. The summed E-state index contributed by atoms with van der Waals surface area (Å²) in [5.41, 5.74) is -1.26. The summed E-state index contributed by atoms with van der Waals surface area (Å²) in [6.07, 6.45) is -1.98. The molecule has 0 aliphatic carbocycles. The van der Waals surface area contributed by atoms with E-state index in [1.165, 1.54) is 17.2 Å². The van der Waals surface area contributed by atoms with Crippen LogP contribution in [0.15, 0.2) is 21.9 Å². The first-order chi connectivity index (χ1) is 12.2. The molecule has 1 unspecified atom stereocenters. The number of pyridine rings is 1. The van der Waals surface area contributed by atoms with Crippen LogP contribution in [0, 0.1) is 0 Å². The number of hydrogen-bond acceptors (Lipinski definition) is 5. The number of aromatic nitrogens is 3. The summed E-state index contributed by atoms with van der Waals surface area (Å²) in [6, 6.07) is 0.853. The minimum Gasteiger partial charge on any atom is -0.348 e. The van der Waals surface area contributed by atoms with Gasteiger partial charge in [0.2, 0.25) is 0 Å². The predicted octanol–water partition coefficient (Wildman–Crippen LogP) is 0.368. The predicted molar refractivity (Wildman–Crippen MR) is 86.0 cm³/mol. The first-order valence-electron chi connectivity index (χ1n) is 7.93. The van der Waals surface area contributed by atoms with Crippen LogP contribution in [-0.2, 0) is 0 Å². The molecule has 3 heterocycles. The molecular weight excluding hydrogens is 355 g/mol. The number of nitrogens with zero attached hydrogens (tertiary/aromatic N) is 2. The molecule has 11 heteroatoms. The van der Waals surface area contributed by atoms with Gasteiger partial charge in [-0.1, -0.05) is 0 Å². The van der Waals surface area contributed by atoms with Gasteiger partial charge >= 0.3 is 11.9 Å². The average molecular weight is 371 g/mol. The molecule has 0 bridgehead atoms. The van der Waals surface area contributed by atoms with Crippen molar-refractivity contribution in [2.24, 2.45) is 0 Å². The van der Waals surface area contributed by atoms with Gasteiger partial charge in [-0.05, 0) is 25.5 Å². The highest BCUT2D eigenvalue weighted by atomic mass is 19.4. The maximum atomic E-state index is 12.5. The standard InChI is InChI=1S/C15H16F3N5O3/c16-15(17,18)7-23-3-1-2-9(6-23)20-12(24)8-4-10-11(19-5-8)21-14(26)22-13(10)25/h4-5,9H,1-3,6-7H2,(H,20,24)(H2,19,21,22,25,26). The molecule has 1 aliphatic rings. The number of rotatable bonds is 3. The Kier molecular flexibility index (Phi) is 4.81. The second-order valence-corrected chi connectivity index (χ2v) is 6.19. The van der Waals surface area contributed by atoms with Gasteiger partial charge in [-0.3, -0.25) is 24.5 Å². The molecule has 3 N–H and O–H groups in total. The van der Waals surface area contributed by atoms with Crippen molar-refractivity contribution in [1.82, 2.24) is 25.2 Å². The maximum Gasteiger partial charge on any atom is 0.401 e. The molecule has 0 spiro atoms. The quantitative estimate of drug-likeness (QED) is 0.722. The number of halogens is 3. The lowest BCUT2D eigenvalue weighted by Gasteiger charge is -2.33. The van der Waals surface area contributed by atoms with Crippen LogP contribution >= 0.6 is 0 Å². The second kappa shape index (κ2) is 6.90. The van der Waals surface area contributed by atoms with E-state index in [1.54, 1.807) is 0 Å². The van der Waals surface area contributed by atoms with E-state index in [4.69, 9.17) is 0 Å². The largest absolute Gasteiger partial charge is 0.401 e. The molecule has 140 valence electrons. The number of amides is 1. The van der Waals surface area contributed by atoms with Crippen LogP contribution in [-0.4, -0.2) is 57.6 Å². The van der Waals surface area contributed by atoms with Crippen molar-refractivity contribution in [1.29, 1.82) is 0 Å². The fraction of sp³-hybridized carbons (Fsp3) is 0.467. The van der Waals surface area contributed by atoms with Crippen molar-refractivity contribution in [2.75, 3.05) is 19.6 Å². The van der Waals surface area contributed by atoms with Crippen LogP contribution in [0.5, 0.6) is 0 Å². The van der Waals surface area contributed by atoms with Crippen molar-refractivity contribution >= 4 is 16.9 Å². The van der Waals surface area contributed by atoms with Gasteiger partial charge in [-0.15, -0.1) is 0 Å². The van der Waals surface area contributed by atoms with Crippen LogP contribution in [0.4, 0.5) is 13.2 Å². The Morgan fingerprint density at radius 1 is 1.35 bits per heavy atom. The molecule has 1 atom stereocenters. The monoisotopic (exact) mass is 371 g/mol. The Morgan fingerprint density at radius 3 is 2.85 bits per heavy atom. The Labute approximate surface area is 144 Å². The van der Waals surface area contributed by atoms with E-state index in [-0.39, 0.29) is 23.1 Å². The van der Waals surface area contributed by atoms with Gasteiger partial charge in [0.05, 0.1) is 17.5 Å². The topological polar surface area (TPSA) is 111 Å². The fourth-order valence-corrected chi connectivity index (χ4v) is 3.01. The van der Waals surface area contributed by atoms with Gasteiger partial charge in [0.25, 0.3) is 11.5 Å². The second-order valence-electron chi connectivity index (χ2n) is 6.19. The van der Waals surface area contributed by atoms with Gasteiger partial charge in [-0.2, -0.15) is 13.2 Å². The van der Waals surface area contributed by atoms with E-state index < -0.39 is 35.9 Å². The first-order valence-corrected chi connectivity index (χ1v) is 7.93. The van der Waals surface area contributed by atoms with Gasteiger partial charge < -0.3 is 5.32 Å². The van der Waals surface area contributed by atoms with E-state index in [9.17, 15) is 27.6 Å². The Bertz CT molecular complexity index is 936. The smallest absolute Gasteiger partial charge is 0.348 e. The summed E-state index contributed by atoms with van der Waals surface area (Å²) in [7, 11) is 0. The van der Waals surface area contributed by atoms with Gasteiger partial charge in [-0.25, -0.2) is 9.78 Å². The number of carbonyl (C=O) groups excluding carboxylic acids is 1. The van der Waals surface area contributed by atoms with E-state index in [0.29, 0.717) is 19.4 Å². The maximum absolute atomic E-state index is 12.5. The number of fused-ring (bicyclic) bond motifs is 1. The molecule has 2 aromatic heterocycles. The number of alkyl halides is 3. The van der Waals surface area contributed by atoms with E-state index in [1.807, 2.05) is 4.98 Å². The third kappa shape index (κ3) is 4.28. The summed E-state index contributed by atoms with van der Waals surface area (Å²) in [5, 5.41) is 2.72.